The number of hydrogen-bond acceptors (Lipinski definition) is 0. The van der Waals surface area contributed by atoms with Crippen molar-refractivity contribution in [3.05, 3.63) is 77.9 Å². The minimum absolute atomic E-state index is 1.06. The van der Waals surface area contributed by atoms with E-state index in [1.807, 2.05) is 27.7 Å². The number of rotatable bonds is 0. The van der Waals surface area contributed by atoms with Crippen molar-refractivity contribution in [2.45, 2.75) is 34.1 Å². The highest BCUT2D eigenvalue weighted by atomic mass is 14.2. The molecule has 0 spiro atoms. The van der Waals surface area contributed by atoms with Crippen LogP contribution < -0.4 is 0 Å². The molecule has 0 bridgehead atoms. The van der Waals surface area contributed by atoms with Crippen molar-refractivity contribution in [1.29, 1.82) is 0 Å². The fraction of sp³-hybridized carbons (Fsp3) is 0.200. The Balaban J connectivity index is 0.000000428. The van der Waals surface area contributed by atoms with E-state index < -0.39 is 0 Å². The molecule has 1 aliphatic carbocycles. The van der Waals surface area contributed by atoms with Gasteiger partial charge >= 0.3 is 0 Å². The Labute approximate surface area is 150 Å². The summed E-state index contributed by atoms with van der Waals surface area (Å²) in [5, 5.41) is 8.15. The summed E-state index contributed by atoms with van der Waals surface area (Å²) >= 11 is 0. The smallest absolute Gasteiger partial charge is 0.00207 e. The van der Waals surface area contributed by atoms with Gasteiger partial charge in [0.2, 0.25) is 0 Å². The van der Waals surface area contributed by atoms with E-state index in [2.05, 4.69) is 72.8 Å². The summed E-state index contributed by atoms with van der Waals surface area (Å²) < 4.78 is 0. The zero-order chi connectivity index (χ0) is 17.8. The maximum atomic E-state index is 2.29. The molecule has 0 atom stereocenters. The largest absolute Gasteiger partial charge is 0.0795 e. The number of benzene rings is 4. The average molecular weight is 326 g/mol. The second-order valence-electron chi connectivity index (χ2n) is 5.79. The van der Waals surface area contributed by atoms with Crippen molar-refractivity contribution in [2.24, 2.45) is 0 Å². The van der Waals surface area contributed by atoms with E-state index in [-0.39, 0.29) is 0 Å². The van der Waals surface area contributed by atoms with Gasteiger partial charge in [-0.25, -0.2) is 0 Å². The maximum absolute atomic E-state index is 2.29. The normalized spacial score (nSPS) is 11.7. The van der Waals surface area contributed by atoms with E-state index in [0.29, 0.717) is 0 Å². The van der Waals surface area contributed by atoms with Gasteiger partial charge in [0, 0.05) is 0 Å². The van der Waals surface area contributed by atoms with Gasteiger partial charge in [0.1, 0.15) is 0 Å². The second kappa shape index (κ2) is 7.53. The van der Waals surface area contributed by atoms with Crippen LogP contribution in [0.25, 0.3) is 38.4 Å². The molecule has 25 heavy (non-hydrogen) atoms. The van der Waals surface area contributed by atoms with E-state index in [4.69, 9.17) is 0 Å². The van der Waals surface area contributed by atoms with Crippen LogP contribution in [0.15, 0.2) is 66.7 Å². The lowest BCUT2D eigenvalue weighted by Gasteiger charge is -2.11. The Morgan fingerprint density at radius 3 is 1.96 bits per heavy atom. The molecule has 5 rings (SSSR count). The quantitative estimate of drug-likeness (QED) is 0.289. The molecule has 126 valence electrons. The lowest BCUT2D eigenvalue weighted by atomic mass is 9.92. The van der Waals surface area contributed by atoms with E-state index >= 15 is 0 Å². The van der Waals surface area contributed by atoms with E-state index in [0.717, 1.165) is 6.42 Å². The van der Waals surface area contributed by atoms with Gasteiger partial charge in [-0.05, 0) is 49.9 Å². The summed E-state index contributed by atoms with van der Waals surface area (Å²) in [6.07, 6.45) is 5.62. The molecule has 0 N–H and O–H groups in total. The highest BCUT2D eigenvalue weighted by Crippen LogP contribution is 2.37. The maximum Gasteiger partial charge on any atom is -0.00207 e. The van der Waals surface area contributed by atoms with E-state index in [9.17, 15) is 0 Å². The highest BCUT2D eigenvalue weighted by Gasteiger charge is 2.13. The summed E-state index contributed by atoms with van der Waals surface area (Å²) in [6.45, 7) is 8.00. The predicted molar refractivity (Wildman–Crippen MR) is 114 cm³/mol. The third kappa shape index (κ3) is 2.82. The van der Waals surface area contributed by atoms with Crippen molar-refractivity contribution in [3.63, 3.8) is 0 Å². The SMILES string of the molecule is C1=Cc2c(ccc3ccc4ccc5ccccc5c4c23)C1.CC.CC. The Hall–Kier alpha value is -2.60. The van der Waals surface area contributed by atoms with Crippen LogP contribution in [0.1, 0.15) is 38.8 Å². The average Bonchev–Trinajstić information content (AvgIpc) is 3.19. The highest BCUT2D eigenvalue weighted by molar-refractivity contribution is 6.22. The molecule has 0 unspecified atom stereocenters. The Bertz CT molecular complexity index is 1050. The van der Waals surface area contributed by atoms with Crippen LogP contribution in [0.2, 0.25) is 0 Å². The Morgan fingerprint density at radius 1 is 0.600 bits per heavy atom. The van der Waals surface area contributed by atoms with Crippen LogP contribution in [-0.4, -0.2) is 0 Å². The number of allylic oxidation sites excluding steroid dienone is 1. The van der Waals surface area contributed by atoms with Crippen LogP contribution in [0.3, 0.4) is 0 Å². The molecule has 0 nitrogen and oxygen atoms in total. The van der Waals surface area contributed by atoms with Gasteiger partial charge in [0.05, 0.1) is 0 Å². The predicted octanol–water partition coefficient (Wildman–Crippen LogP) is 7.77. The molecule has 0 aromatic heterocycles. The fourth-order valence-electron chi connectivity index (χ4n) is 3.66. The topological polar surface area (TPSA) is 0 Å². The molecule has 4 aromatic rings. The number of fused-ring (bicyclic) bond motifs is 7. The second-order valence-corrected chi connectivity index (χ2v) is 5.79. The molecular formula is C25H26. The van der Waals surface area contributed by atoms with Gasteiger partial charge in [0.15, 0.2) is 0 Å². The van der Waals surface area contributed by atoms with Crippen LogP contribution >= 0.6 is 0 Å². The van der Waals surface area contributed by atoms with Crippen LogP contribution in [0.5, 0.6) is 0 Å². The van der Waals surface area contributed by atoms with E-state index in [1.165, 1.54) is 43.4 Å². The van der Waals surface area contributed by atoms with Crippen molar-refractivity contribution in [2.75, 3.05) is 0 Å². The van der Waals surface area contributed by atoms with Crippen LogP contribution in [0, 0.1) is 0 Å². The standard InChI is InChI=1S/C21H14.2C2H6/c1-2-6-18-14(4-1)8-10-16-12-13-17-11-9-15-5-3-7-19(15)21(17)20(16)18;2*1-2/h1-4,6-13H,5H2;2*1-2H3. The van der Waals surface area contributed by atoms with Gasteiger partial charge in [-0.2, -0.15) is 0 Å². The summed E-state index contributed by atoms with van der Waals surface area (Å²) in [5.74, 6) is 0. The minimum Gasteiger partial charge on any atom is -0.0795 e. The molecule has 0 amide bonds. The summed E-state index contributed by atoms with van der Waals surface area (Å²) in [5.41, 5.74) is 2.86. The van der Waals surface area contributed by atoms with Crippen molar-refractivity contribution < 1.29 is 0 Å². The van der Waals surface area contributed by atoms with Crippen LogP contribution in [-0.2, 0) is 6.42 Å². The monoisotopic (exact) mass is 326 g/mol. The first-order valence-electron chi connectivity index (χ1n) is 9.44. The molecule has 1 aliphatic rings. The molecule has 0 saturated carbocycles. The van der Waals surface area contributed by atoms with Gasteiger partial charge in [-0.1, -0.05) is 101 Å². The first-order chi connectivity index (χ1) is 12.4. The van der Waals surface area contributed by atoms with Crippen molar-refractivity contribution >= 4 is 38.4 Å². The number of hydrogen-bond donors (Lipinski definition) is 0. The van der Waals surface area contributed by atoms with Gasteiger partial charge < -0.3 is 0 Å². The minimum atomic E-state index is 1.06. The zero-order valence-electron chi connectivity index (χ0n) is 15.6. The van der Waals surface area contributed by atoms with E-state index in [1.54, 1.807) is 0 Å². The third-order valence-corrected chi connectivity index (χ3v) is 4.64. The first kappa shape index (κ1) is 17.2. The molecule has 0 saturated heterocycles. The third-order valence-electron chi connectivity index (χ3n) is 4.64. The summed E-state index contributed by atoms with van der Waals surface area (Å²) in [6, 6.07) is 22.2. The molecule has 0 heterocycles. The van der Waals surface area contributed by atoms with Gasteiger partial charge in [-0.15, -0.1) is 0 Å². The first-order valence-corrected chi connectivity index (χ1v) is 9.44. The van der Waals surface area contributed by atoms with Gasteiger partial charge in [-0.3, -0.25) is 0 Å². The van der Waals surface area contributed by atoms with Crippen LogP contribution in [0.4, 0.5) is 0 Å². The molecular weight excluding hydrogens is 300 g/mol. The fourth-order valence-corrected chi connectivity index (χ4v) is 3.66. The van der Waals surface area contributed by atoms with Crippen molar-refractivity contribution in [1.82, 2.24) is 0 Å². The molecule has 0 heteroatoms. The van der Waals surface area contributed by atoms with Crippen molar-refractivity contribution in [3.8, 4) is 0 Å². The molecule has 0 radical (unpaired) electrons. The summed E-state index contributed by atoms with van der Waals surface area (Å²) in [4.78, 5) is 0. The lowest BCUT2D eigenvalue weighted by molar-refractivity contribution is 1.32. The summed E-state index contributed by atoms with van der Waals surface area (Å²) in [7, 11) is 0. The Morgan fingerprint density at radius 2 is 1.20 bits per heavy atom. The zero-order valence-corrected chi connectivity index (χ0v) is 15.6. The molecule has 4 aromatic carbocycles. The Kier molecular flexibility index (Phi) is 5.19. The lowest BCUT2D eigenvalue weighted by Crippen LogP contribution is -1.87. The van der Waals surface area contributed by atoms with Gasteiger partial charge in [0.25, 0.3) is 0 Å². The molecule has 0 aliphatic heterocycles. The molecule has 0 fully saturated rings.